The van der Waals surface area contributed by atoms with Gasteiger partial charge in [-0.05, 0) is 18.2 Å². The molecule has 0 spiro atoms. The van der Waals surface area contributed by atoms with Crippen LogP contribution in [0.3, 0.4) is 0 Å². The minimum atomic E-state index is -1.10. The van der Waals surface area contributed by atoms with Crippen molar-refractivity contribution >= 4 is 17.6 Å². The minimum absolute atomic E-state index is 0.0702. The van der Waals surface area contributed by atoms with Crippen molar-refractivity contribution in [3.63, 3.8) is 0 Å². The van der Waals surface area contributed by atoms with E-state index in [9.17, 15) is 13.6 Å². The Hall–Kier alpha value is -1.95. The molecule has 0 aliphatic carbocycles. The molecule has 0 unspecified atom stereocenters. The maximum atomic E-state index is 13.0. The summed E-state index contributed by atoms with van der Waals surface area (Å²) in [5.74, 6) is -2.44. The molecule has 0 aliphatic rings. The molecule has 100 valence electrons. The summed E-state index contributed by atoms with van der Waals surface area (Å²) in [7, 11) is 1.66. The molecule has 1 aromatic heterocycles. The van der Waals surface area contributed by atoms with Crippen molar-refractivity contribution in [2.45, 2.75) is 6.61 Å². The molecule has 0 amide bonds. The number of ether oxygens (including phenoxy) is 1. The molecular formula is C12H9ClF2N2O2. The van der Waals surface area contributed by atoms with Gasteiger partial charge in [-0.1, -0.05) is 11.6 Å². The summed E-state index contributed by atoms with van der Waals surface area (Å²) in [5, 5.41) is 0.402. The number of carbonyl (C=O) groups is 1. The number of imidazole rings is 1. The largest absolute Gasteiger partial charge is 0.454 e. The quantitative estimate of drug-likeness (QED) is 0.815. The average molecular weight is 287 g/mol. The fraction of sp³-hybridized carbons (Fsp3) is 0.167. The standard InChI is InChI=1S/C12H9ClF2N2O2/c1-17-10(13)5-16-11(17)6-19-12(18)7-2-3-8(14)9(15)4-7/h2-5H,6H2,1H3. The topological polar surface area (TPSA) is 44.1 Å². The molecule has 0 saturated heterocycles. The fourth-order valence-corrected chi connectivity index (χ4v) is 1.54. The Morgan fingerprint density at radius 3 is 2.74 bits per heavy atom. The minimum Gasteiger partial charge on any atom is -0.454 e. The van der Waals surface area contributed by atoms with Crippen molar-refractivity contribution in [1.29, 1.82) is 0 Å². The third kappa shape index (κ3) is 2.90. The molecule has 19 heavy (non-hydrogen) atoms. The SMILES string of the molecule is Cn1c(Cl)cnc1COC(=O)c1ccc(F)c(F)c1. The van der Waals surface area contributed by atoms with E-state index in [0.29, 0.717) is 11.0 Å². The van der Waals surface area contributed by atoms with E-state index >= 15 is 0 Å². The maximum absolute atomic E-state index is 13.0. The highest BCUT2D eigenvalue weighted by atomic mass is 35.5. The summed E-state index contributed by atoms with van der Waals surface area (Å²) in [4.78, 5) is 15.6. The lowest BCUT2D eigenvalue weighted by Gasteiger charge is -2.05. The summed E-state index contributed by atoms with van der Waals surface area (Å²) >= 11 is 5.77. The van der Waals surface area contributed by atoms with E-state index in [-0.39, 0.29) is 12.2 Å². The van der Waals surface area contributed by atoms with Gasteiger partial charge in [0.1, 0.15) is 17.6 Å². The molecule has 0 bridgehead atoms. The lowest BCUT2D eigenvalue weighted by molar-refractivity contribution is 0.0458. The van der Waals surface area contributed by atoms with Crippen molar-refractivity contribution in [3.8, 4) is 0 Å². The van der Waals surface area contributed by atoms with Gasteiger partial charge < -0.3 is 9.30 Å². The van der Waals surface area contributed by atoms with E-state index in [1.165, 1.54) is 6.20 Å². The van der Waals surface area contributed by atoms with Crippen LogP contribution in [0.25, 0.3) is 0 Å². The Kier molecular flexibility index (Phi) is 3.80. The van der Waals surface area contributed by atoms with Crippen LogP contribution in [0.5, 0.6) is 0 Å². The number of carbonyl (C=O) groups excluding carboxylic acids is 1. The van der Waals surface area contributed by atoms with Crippen LogP contribution in [0.4, 0.5) is 8.78 Å². The normalized spacial score (nSPS) is 10.5. The van der Waals surface area contributed by atoms with Crippen LogP contribution in [-0.4, -0.2) is 15.5 Å². The molecule has 7 heteroatoms. The van der Waals surface area contributed by atoms with E-state index in [4.69, 9.17) is 16.3 Å². The highest BCUT2D eigenvalue weighted by Crippen LogP contribution is 2.13. The Bertz CT molecular complexity index is 628. The second-order valence-corrected chi connectivity index (χ2v) is 4.15. The Balaban J connectivity index is 2.05. The van der Waals surface area contributed by atoms with Gasteiger partial charge in [0.05, 0.1) is 11.8 Å². The molecule has 0 fully saturated rings. The summed E-state index contributed by atoms with van der Waals surface area (Å²) in [6.07, 6.45) is 1.42. The zero-order valence-electron chi connectivity index (χ0n) is 9.86. The number of hydrogen-bond acceptors (Lipinski definition) is 3. The smallest absolute Gasteiger partial charge is 0.338 e. The summed E-state index contributed by atoms with van der Waals surface area (Å²) in [6.45, 7) is -0.110. The molecule has 0 atom stereocenters. The monoisotopic (exact) mass is 286 g/mol. The summed E-state index contributed by atoms with van der Waals surface area (Å²) < 4.78 is 32.1. The van der Waals surface area contributed by atoms with Gasteiger partial charge in [0.25, 0.3) is 0 Å². The molecule has 0 radical (unpaired) electrons. The van der Waals surface area contributed by atoms with Crippen molar-refractivity contribution in [1.82, 2.24) is 9.55 Å². The zero-order chi connectivity index (χ0) is 14.0. The van der Waals surface area contributed by atoms with Crippen LogP contribution in [0.15, 0.2) is 24.4 Å². The average Bonchev–Trinajstić information content (AvgIpc) is 2.70. The first kappa shape index (κ1) is 13.5. The highest BCUT2D eigenvalue weighted by Gasteiger charge is 2.13. The zero-order valence-corrected chi connectivity index (χ0v) is 10.6. The Morgan fingerprint density at radius 1 is 1.42 bits per heavy atom. The second-order valence-electron chi connectivity index (χ2n) is 3.76. The van der Waals surface area contributed by atoms with Crippen molar-refractivity contribution in [2.24, 2.45) is 7.05 Å². The molecule has 1 heterocycles. The summed E-state index contributed by atoms with van der Waals surface area (Å²) in [6, 6.07) is 2.79. The van der Waals surface area contributed by atoms with E-state index in [2.05, 4.69) is 4.98 Å². The number of hydrogen-bond donors (Lipinski definition) is 0. The van der Waals surface area contributed by atoms with Crippen molar-refractivity contribution in [3.05, 3.63) is 52.6 Å². The lowest BCUT2D eigenvalue weighted by Crippen LogP contribution is -2.09. The number of halogens is 3. The molecule has 0 N–H and O–H groups in total. The summed E-state index contributed by atoms with van der Waals surface area (Å²) in [5.41, 5.74) is -0.0702. The van der Waals surface area contributed by atoms with Crippen LogP contribution >= 0.6 is 11.6 Å². The van der Waals surface area contributed by atoms with Gasteiger partial charge in [-0.15, -0.1) is 0 Å². The number of benzene rings is 1. The van der Waals surface area contributed by atoms with Gasteiger partial charge in [-0.2, -0.15) is 0 Å². The fourth-order valence-electron chi connectivity index (χ4n) is 1.39. The molecule has 1 aromatic carbocycles. The van der Waals surface area contributed by atoms with Gasteiger partial charge in [-0.25, -0.2) is 18.6 Å². The third-order valence-electron chi connectivity index (χ3n) is 2.52. The number of rotatable bonds is 3. The first-order valence-electron chi connectivity index (χ1n) is 5.27. The predicted octanol–water partition coefficient (Wildman–Crippen LogP) is 2.71. The van der Waals surface area contributed by atoms with Crippen LogP contribution in [-0.2, 0) is 18.4 Å². The number of nitrogens with zero attached hydrogens (tertiary/aromatic N) is 2. The van der Waals surface area contributed by atoms with E-state index in [0.717, 1.165) is 18.2 Å². The van der Waals surface area contributed by atoms with Crippen LogP contribution in [0.2, 0.25) is 5.15 Å². The van der Waals surface area contributed by atoms with E-state index < -0.39 is 17.6 Å². The molecule has 4 nitrogen and oxygen atoms in total. The molecule has 2 rings (SSSR count). The van der Waals surface area contributed by atoms with Crippen LogP contribution < -0.4 is 0 Å². The van der Waals surface area contributed by atoms with Gasteiger partial charge >= 0.3 is 5.97 Å². The first-order chi connectivity index (χ1) is 8.99. The van der Waals surface area contributed by atoms with Gasteiger partial charge in [0.2, 0.25) is 0 Å². The molecular weight excluding hydrogens is 278 g/mol. The van der Waals surface area contributed by atoms with Gasteiger partial charge in [0, 0.05) is 7.05 Å². The van der Waals surface area contributed by atoms with Crippen LogP contribution in [0.1, 0.15) is 16.2 Å². The van der Waals surface area contributed by atoms with E-state index in [1.807, 2.05) is 0 Å². The molecule has 2 aromatic rings. The highest BCUT2D eigenvalue weighted by molar-refractivity contribution is 6.29. The van der Waals surface area contributed by atoms with Gasteiger partial charge in [-0.3, -0.25) is 0 Å². The van der Waals surface area contributed by atoms with Crippen molar-refractivity contribution < 1.29 is 18.3 Å². The Labute approximate surface area is 112 Å². The van der Waals surface area contributed by atoms with Gasteiger partial charge in [0.15, 0.2) is 11.6 Å². The third-order valence-corrected chi connectivity index (χ3v) is 2.87. The first-order valence-corrected chi connectivity index (χ1v) is 5.65. The number of esters is 1. The Morgan fingerprint density at radius 2 is 2.16 bits per heavy atom. The lowest BCUT2D eigenvalue weighted by atomic mass is 10.2. The maximum Gasteiger partial charge on any atom is 0.338 e. The second kappa shape index (κ2) is 5.36. The molecule has 0 aliphatic heterocycles. The number of aromatic nitrogens is 2. The predicted molar refractivity (Wildman–Crippen MR) is 63.7 cm³/mol. The molecule has 0 saturated carbocycles. The van der Waals surface area contributed by atoms with Crippen molar-refractivity contribution in [2.75, 3.05) is 0 Å². The van der Waals surface area contributed by atoms with Crippen LogP contribution in [0, 0.1) is 11.6 Å². The van der Waals surface area contributed by atoms with E-state index in [1.54, 1.807) is 11.6 Å².